The van der Waals surface area contributed by atoms with E-state index in [1.54, 1.807) is 24.8 Å². The molecule has 0 unspecified atom stereocenters. The van der Waals surface area contributed by atoms with Crippen molar-refractivity contribution in [1.29, 1.82) is 0 Å². The highest BCUT2D eigenvalue weighted by atomic mass is 16.1. The summed E-state index contributed by atoms with van der Waals surface area (Å²) in [5.74, 6) is -0.160. The number of anilines is 1. The van der Waals surface area contributed by atoms with Gasteiger partial charge in [0.2, 0.25) is 0 Å². The molecule has 22 heavy (non-hydrogen) atoms. The highest BCUT2D eigenvalue weighted by Gasteiger charge is 2.09. The van der Waals surface area contributed by atoms with Gasteiger partial charge in [-0.3, -0.25) is 4.79 Å². The Balaban J connectivity index is 1.64. The Labute approximate surface area is 125 Å². The van der Waals surface area contributed by atoms with Gasteiger partial charge in [0.1, 0.15) is 0 Å². The van der Waals surface area contributed by atoms with E-state index >= 15 is 0 Å². The molecule has 6 nitrogen and oxygen atoms in total. The second-order valence-electron chi connectivity index (χ2n) is 5.15. The van der Waals surface area contributed by atoms with Crippen LogP contribution in [-0.2, 0) is 7.05 Å². The smallest absolute Gasteiger partial charge is 0.255 e. The molecular weight excluding hydrogens is 278 g/mol. The summed E-state index contributed by atoms with van der Waals surface area (Å²) < 4.78 is 1.94. The van der Waals surface area contributed by atoms with Gasteiger partial charge in [0.25, 0.3) is 5.91 Å². The molecule has 4 rings (SSSR count). The number of nitrogens with zero attached hydrogens (tertiary/aromatic N) is 3. The van der Waals surface area contributed by atoms with Crippen LogP contribution in [0.15, 0.2) is 49.1 Å². The van der Waals surface area contributed by atoms with E-state index in [4.69, 9.17) is 0 Å². The van der Waals surface area contributed by atoms with Crippen molar-refractivity contribution in [1.82, 2.24) is 19.5 Å². The van der Waals surface area contributed by atoms with Crippen LogP contribution in [0.5, 0.6) is 0 Å². The largest absolute Gasteiger partial charge is 0.345 e. The van der Waals surface area contributed by atoms with Crippen molar-refractivity contribution >= 4 is 33.7 Å². The van der Waals surface area contributed by atoms with E-state index in [1.165, 1.54) is 0 Å². The number of amides is 1. The van der Waals surface area contributed by atoms with Crippen LogP contribution in [0.25, 0.3) is 22.1 Å². The minimum atomic E-state index is -0.160. The molecule has 2 aromatic heterocycles. The van der Waals surface area contributed by atoms with Gasteiger partial charge in [0, 0.05) is 18.3 Å². The fraction of sp³-hybridized carbons (Fsp3) is 0.0625. The molecule has 2 N–H and O–H groups in total. The lowest BCUT2D eigenvalue weighted by Crippen LogP contribution is -2.11. The number of rotatable bonds is 2. The summed E-state index contributed by atoms with van der Waals surface area (Å²) in [6.07, 6.45) is 3.36. The predicted octanol–water partition coefficient (Wildman–Crippen LogP) is 2.70. The lowest BCUT2D eigenvalue weighted by molar-refractivity contribution is 0.102. The Morgan fingerprint density at radius 1 is 1.14 bits per heavy atom. The molecule has 4 aromatic rings. The maximum absolute atomic E-state index is 12.3. The molecule has 0 spiro atoms. The Bertz CT molecular complexity index is 998. The van der Waals surface area contributed by atoms with Gasteiger partial charge in [-0.1, -0.05) is 0 Å². The number of aromatic nitrogens is 4. The van der Waals surface area contributed by atoms with Crippen molar-refractivity contribution in [2.45, 2.75) is 0 Å². The number of hydrogen-bond acceptors (Lipinski definition) is 3. The summed E-state index contributed by atoms with van der Waals surface area (Å²) in [6.45, 7) is 0. The normalized spacial score (nSPS) is 11.1. The van der Waals surface area contributed by atoms with Gasteiger partial charge in [-0.25, -0.2) is 9.97 Å². The molecule has 0 aliphatic rings. The van der Waals surface area contributed by atoms with Crippen molar-refractivity contribution in [3.8, 4) is 0 Å². The molecule has 1 amide bonds. The van der Waals surface area contributed by atoms with Crippen LogP contribution in [0.1, 0.15) is 10.4 Å². The number of aryl methyl sites for hydroxylation is 1. The summed E-state index contributed by atoms with van der Waals surface area (Å²) in [4.78, 5) is 23.8. The highest BCUT2D eigenvalue weighted by molar-refractivity contribution is 6.06. The molecule has 6 heteroatoms. The van der Waals surface area contributed by atoms with Crippen LogP contribution in [0.4, 0.5) is 5.69 Å². The minimum absolute atomic E-state index is 0.160. The van der Waals surface area contributed by atoms with Gasteiger partial charge in [-0.2, -0.15) is 0 Å². The topological polar surface area (TPSA) is 75.6 Å². The molecule has 0 radical (unpaired) electrons. The Hall–Kier alpha value is -3.15. The number of imidazole rings is 2. The average Bonchev–Trinajstić information content (AvgIpc) is 3.13. The summed E-state index contributed by atoms with van der Waals surface area (Å²) >= 11 is 0. The van der Waals surface area contributed by atoms with E-state index in [2.05, 4.69) is 20.3 Å². The van der Waals surface area contributed by atoms with Crippen LogP contribution >= 0.6 is 0 Å². The lowest BCUT2D eigenvalue weighted by atomic mass is 10.2. The van der Waals surface area contributed by atoms with Gasteiger partial charge in [-0.05, 0) is 36.4 Å². The summed E-state index contributed by atoms with van der Waals surface area (Å²) in [6, 6.07) is 11.0. The number of hydrogen-bond donors (Lipinski definition) is 2. The fourth-order valence-electron chi connectivity index (χ4n) is 2.49. The fourth-order valence-corrected chi connectivity index (χ4v) is 2.49. The van der Waals surface area contributed by atoms with E-state index in [0.29, 0.717) is 5.56 Å². The second kappa shape index (κ2) is 4.70. The first-order valence-electron chi connectivity index (χ1n) is 6.86. The molecule has 2 heterocycles. The van der Waals surface area contributed by atoms with Crippen molar-refractivity contribution in [2.75, 3.05) is 5.32 Å². The first-order valence-corrected chi connectivity index (χ1v) is 6.86. The maximum Gasteiger partial charge on any atom is 0.255 e. The molecule has 0 fully saturated rings. The lowest BCUT2D eigenvalue weighted by Gasteiger charge is -2.05. The molecule has 0 saturated heterocycles. The number of benzene rings is 2. The number of carbonyl (C=O) groups excluding carboxylic acids is 1. The minimum Gasteiger partial charge on any atom is -0.345 e. The van der Waals surface area contributed by atoms with Crippen LogP contribution in [0.2, 0.25) is 0 Å². The van der Waals surface area contributed by atoms with Crippen LogP contribution in [-0.4, -0.2) is 25.4 Å². The third kappa shape index (κ3) is 2.01. The van der Waals surface area contributed by atoms with Crippen molar-refractivity contribution in [3.63, 3.8) is 0 Å². The van der Waals surface area contributed by atoms with E-state index in [9.17, 15) is 4.79 Å². The van der Waals surface area contributed by atoms with E-state index in [1.807, 2.05) is 35.9 Å². The molecule has 0 atom stereocenters. The number of aromatic amines is 1. The summed E-state index contributed by atoms with van der Waals surface area (Å²) in [5.41, 5.74) is 4.86. The summed E-state index contributed by atoms with van der Waals surface area (Å²) in [7, 11) is 1.94. The summed E-state index contributed by atoms with van der Waals surface area (Å²) in [5, 5.41) is 2.89. The van der Waals surface area contributed by atoms with E-state index < -0.39 is 0 Å². The van der Waals surface area contributed by atoms with E-state index in [0.717, 1.165) is 27.8 Å². The molecule has 0 aliphatic heterocycles. The van der Waals surface area contributed by atoms with Crippen LogP contribution < -0.4 is 5.32 Å². The number of H-pyrrole nitrogens is 1. The number of carbonyl (C=O) groups is 1. The predicted molar refractivity (Wildman–Crippen MR) is 84.8 cm³/mol. The maximum atomic E-state index is 12.3. The van der Waals surface area contributed by atoms with Gasteiger partial charge >= 0.3 is 0 Å². The third-order valence-electron chi connectivity index (χ3n) is 3.67. The zero-order valence-electron chi connectivity index (χ0n) is 11.9. The average molecular weight is 291 g/mol. The van der Waals surface area contributed by atoms with Gasteiger partial charge in [0.05, 0.1) is 34.7 Å². The molecule has 108 valence electrons. The molecule has 0 aliphatic carbocycles. The Morgan fingerprint density at radius 3 is 2.95 bits per heavy atom. The molecular formula is C16H13N5O. The van der Waals surface area contributed by atoms with Gasteiger partial charge in [-0.15, -0.1) is 0 Å². The quantitative estimate of drug-likeness (QED) is 0.596. The molecule has 2 aromatic carbocycles. The first-order chi connectivity index (χ1) is 10.7. The zero-order chi connectivity index (χ0) is 15.1. The van der Waals surface area contributed by atoms with Crippen LogP contribution in [0.3, 0.4) is 0 Å². The number of fused-ring (bicyclic) bond motifs is 2. The van der Waals surface area contributed by atoms with E-state index in [-0.39, 0.29) is 5.91 Å². The first kappa shape index (κ1) is 12.6. The van der Waals surface area contributed by atoms with Crippen molar-refractivity contribution < 1.29 is 4.79 Å². The monoisotopic (exact) mass is 291 g/mol. The Kier molecular flexibility index (Phi) is 2.69. The van der Waals surface area contributed by atoms with Crippen LogP contribution in [0, 0.1) is 0 Å². The molecule has 0 saturated carbocycles. The SMILES string of the molecule is Cn1cnc2cc(NC(=O)c3ccc4nc[nH]c4c3)ccc21. The second-order valence-corrected chi connectivity index (χ2v) is 5.15. The van der Waals surface area contributed by atoms with Gasteiger partial charge < -0.3 is 14.9 Å². The third-order valence-corrected chi connectivity index (χ3v) is 3.67. The highest BCUT2D eigenvalue weighted by Crippen LogP contribution is 2.19. The standard InChI is InChI=1S/C16H13N5O/c1-21-9-19-14-7-11(3-5-15(14)21)20-16(22)10-2-4-12-13(6-10)18-8-17-12/h2-9H,1H3,(H,17,18)(H,20,22). The Morgan fingerprint density at radius 2 is 2.05 bits per heavy atom. The zero-order valence-corrected chi connectivity index (χ0v) is 11.9. The van der Waals surface area contributed by atoms with Crippen molar-refractivity contribution in [2.24, 2.45) is 7.05 Å². The number of nitrogens with one attached hydrogen (secondary N) is 2. The molecule has 0 bridgehead atoms. The van der Waals surface area contributed by atoms with Gasteiger partial charge in [0.15, 0.2) is 0 Å². The van der Waals surface area contributed by atoms with Crippen molar-refractivity contribution in [3.05, 3.63) is 54.6 Å².